The van der Waals surface area contributed by atoms with Crippen LogP contribution in [0.2, 0.25) is 10.0 Å². The normalized spacial score (nSPS) is 14.6. The van der Waals surface area contributed by atoms with E-state index in [1.54, 1.807) is 24.3 Å². The number of rotatable bonds is 9. The van der Waals surface area contributed by atoms with E-state index in [1.807, 2.05) is 30.3 Å². The van der Waals surface area contributed by atoms with Gasteiger partial charge in [0.25, 0.3) is 5.91 Å². The Bertz CT molecular complexity index is 1230. The largest absolute Gasteiger partial charge is 0.507 e. The highest BCUT2D eigenvalue weighted by atomic mass is 35.5. The van der Waals surface area contributed by atoms with E-state index in [0.29, 0.717) is 39.7 Å². The molecule has 2 amide bonds. The molecule has 0 bridgehead atoms. The topological polar surface area (TPSA) is 81.7 Å². The van der Waals surface area contributed by atoms with Crippen molar-refractivity contribution < 1.29 is 14.7 Å². The van der Waals surface area contributed by atoms with Crippen LogP contribution in [0.25, 0.3) is 11.1 Å². The van der Waals surface area contributed by atoms with Gasteiger partial charge in [0.05, 0.1) is 10.0 Å². The summed E-state index contributed by atoms with van der Waals surface area (Å²) in [5.74, 6) is -0.627. The summed E-state index contributed by atoms with van der Waals surface area (Å²) < 4.78 is 0. The van der Waals surface area contributed by atoms with E-state index in [1.165, 1.54) is 31.4 Å². The molecule has 194 valence electrons. The summed E-state index contributed by atoms with van der Waals surface area (Å²) in [6.07, 6.45) is 4.01. The fourth-order valence-corrected chi connectivity index (χ4v) is 4.81. The van der Waals surface area contributed by atoms with Crippen LogP contribution < -0.4 is 10.6 Å². The number of likely N-dealkylation sites (tertiary alicyclic amines) is 1. The standard InChI is InChI=1S/C29H31Cl2N3O3/c30-24-11-9-21(19-25(24)31)23-18-22(10-12-27(23)35)28(36)33-26(17-20-7-3-1-4-8-20)29(37)32-13-16-34-14-5-2-6-15-34/h1,3-4,7-12,18-19,26,35H,2,5-6,13-17H2,(H,32,37)(H,33,36)/t26-/m0/s1. The molecule has 3 aromatic rings. The number of aromatic hydroxyl groups is 1. The van der Waals surface area contributed by atoms with E-state index in [-0.39, 0.29) is 11.7 Å². The van der Waals surface area contributed by atoms with Gasteiger partial charge in [0.2, 0.25) is 5.91 Å². The first-order valence-corrected chi connectivity index (χ1v) is 13.3. The molecule has 0 unspecified atom stereocenters. The molecule has 1 aliphatic heterocycles. The second-order valence-corrected chi connectivity index (χ2v) is 10.1. The third kappa shape index (κ3) is 7.48. The number of carbonyl (C=O) groups is 2. The molecule has 1 atom stereocenters. The minimum atomic E-state index is -0.751. The number of halogens is 2. The van der Waals surface area contributed by atoms with Gasteiger partial charge < -0.3 is 20.6 Å². The first-order chi connectivity index (χ1) is 17.9. The minimum absolute atomic E-state index is 0.00577. The lowest BCUT2D eigenvalue weighted by atomic mass is 10.0. The zero-order chi connectivity index (χ0) is 26.2. The Hall–Kier alpha value is -3.06. The van der Waals surface area contributed by atoms with Crippen LogP contribution in [0.15, 0.2) is 66.7 Å². The van der Waals surface area contributed by atoms with Gasteiger partial charge in [0, 0.05) is 30.6 Å². The zero-order valence-electron chi connectivity index (χ0n) is 20.6. The molecule has 1 saturated heterocycles. The molecule has 37 heavy (non-hydrogen) atoms. The Balaban J connectivity index is 1.48. The molecular formula is C29H31Cl2N3O3. The minimum Gasteiger partial charge on any atom is -0.507 e. The summed E-state index contributed by atoms with van der Waals surface area (Å²) in [7, 11) is 0. The summed E-state index contributed by atoms with van der Waals surface area (Å²) in [5, 5.41) is 17.1. The van der Waals surface area contributed by atoms with Gasteiger partial charge in [-0.3, -0.25) is 9.59 Å². The third-order valence-electron chi connectivity index (χ3n) is 6.57. The van der Waals surface area contributed by atoms with Crippen LogP contribution in [-0.4, -0.2) is 54.0 Å². The SMILES string of the molecule is O=C(N[C@@H](Cc1ccccc1)C(=O)NCCN1CCCCC1)c1ccc(O)c(-c2ccc(Cl)c(Cl)c2)c1. The molecule has 0 saturated carbocycles. The Morgan fingerprint density at radius 1 is 0.919 bits per heavy atom. The molecule has 3 aromatic carbocycles. The van der Waals surface area contributed by atoms with Crippen molar-refractivity contribution >= 4 is 35.0 Å². The number of hydrogen-bond donors (Lipinski definition) is 3. The van der Waals surface area contributed by atoms with E-state index in [2.05, 4.69) is 15.5 Å². The maximum absolute atomic E-state index is 13.3. The Morgan fingerprint density at radius 2 is 1.68 bits per heavy atom. The number of carbonyl (C=O) groups excluding carboxylic acids is 2. The first-order valence-electron chi connectivity index (χ1n) is 12.5. The van der Waals surface area contributed by atoms with E-state index in [9.17, 15) is 14.7 Å². The number of phenols is 1. The molecule has 8 heteroatoms. The summed E-state index contributed by atoms with van der Waals surface area (Å²) >= 11 is 12.2. The molecule has 0 aromatic heterocycles. The number of amides is 2. The number of nitrogens with one attached hydrogen (secondary N) is 2. The van der Waals surface area contributed by atoms with Gasteiger partial charge in [-0.15, -0.1) is 0 Å². The van der Waals surface area contributed by atoms with Gasteiger partial charge in [-0.25, -0.2) is 0 Å². The van der Waals surface area contributed by atoms with E-state index >= 15 is 0 Å². The highest BCUT2D eigenvalue weighted by Gasteiger charge is 2.23. The van der Waals surface area contributed by atoms with Crippen LogP contribution in [0.3, 0.4) is 0 Å². The monoisotopic (exact) mass is 539 g/mol. The fraction of sp³-hybridized carbons (Fsp3) is 0.310. The van der Waals surface area contributed by atoms with E-state index in [4.69, 9.17) is 23.2 Å². The Kier molecular flexibility index (Phi) is 9.45. The molecule has 0 aliphatic carbocycles. The zero-order valence-corrected chi connectivity index (χ0v) is 22.1. The number of nitrogens with zero attached hydrogens (tertiary/aromatic N) is 1. The van der Waals surface area contributed by atoms with E-state index < -0.39 is 11.9 Å². The van der Waals surface area contributed by atoms with Gasteiger partial charge in [-0.05, 0) is 67.4 Å². The lowest BCUT2D eigenvalue weighted by molar-refractivity contribution is -0.123. The average molecular weight is 540 g/mol. The van der Waals surface area contributed by atoms with Crippen molar-refractivity contribution in [3.8, 4) is 16.9 Å². The van der Waals surface area contributed by atoms with Crippen molar-refractivity contribution in [1.82, 2.24) is 15.5 Å². The molecule has 0 radical (unpaired) electrons. The number of phenolic OH excluding ortho intramolecular Hbond substituents is 1. The third-order valence-corrected chi connectivity index (χ3v) is 7.31. The van der Waals surface area contributed by atoms with Gasteiger partial charge in [-0.1, -0.05) is 66.0 Å². The van der Waals surface area contributed by atoms with E-state index in [0.717, 1.165) is 25.2 Å². The molecule has 3 N–H and O–H groups in total. The summed E-state index contributed by atoms with van der Waals surface area (Å²) in [4.78, 5) is 28.8. The predicted molar refractivity (Wildman–Crippen MR) is 148 cm³/mol. The average Bonchev–Trinajstić information content (AvgIpc) is 2.91. The second-order valence-electron chi connectivity index (χ2n) is 9.27. The maximum atomic E-state index is 13.3. The van der Waals surface area contributed by atoms with Crippen molar-refractivity contribution in [2.75, 3.05) is 26.2 Å². The summed E-state index contributed by atoms with van der Waals surface area (Å²) in [6, 6.07) is 18.4. The summed E-state index contributed by atoms with van der Waals surface area (Å²) in [5.41, 5.74) is 2.33. The second kappa shape index (κ2) is 13.0. The number of benzene rings is 3. The molecule has 1 heterocycles. The fourth-order valence-electron chi connectivity index (χ4n) is 4.52. The summed E-state index contributed by atoms with van der Waals surface area (Å²) in [6.45, 7) is 3.44. The molecule has 0 spiro atoms. The lowest BCUT2D eigenvalue weighted by Gasteiger charge is -2.27. The predicted octanol–water partition coefficient (Wildman–Crippen LogP) is 5.31. The molecular weight excluding hydrogens is 509 g/mol. The Morgan fingerprint density at radius 3 is 2.41 bits per heavy atom. The van der Waals surface area contributed by atoms with Crippen LogP contribution in [-0.2, 0) is 11.2 Å². The van der Waals surface area contributed by atoms with Crippen molar-refractivity contribution in [3.05, 3.63) is 87.9 Å². The molecule has 6 nitrogen and oxygen atoms in total. The highest BCUT2D eigenvalue weighted by Crippen LogP contribution is 2.34. The lowest BCUT2D eigenvalue weighted by Crippen LogP contribution is -2.49. The highest BCUT2D eigenvalue weighted by molar-refractivity contribution is 6.42. The van der Waals surface area contributed by atoms with Crippen molar-refractivity contribution in [1.29, 1.82) is 0 Å². The first kappa shape index (κ1) is 27.0. The maximum Gasteiger partial charge on any atom is 0.251 e. The van der Waals surface area contributed by atoms with Crippen molar-refractivity contribution in [3.63, 3.8) is 0 Å². The van der Waals surface area contributed by atoms with Crippen molar-refractivity contribution in [2.24, 2.45) is 0 Å². The number of piperidine rings is 1. The molecule has 1 aliphatic rings. The van der Waals surface area contributed by atoms with Gasteiger partial charge in [0.15, 0.2) is 0 Å². The molecule has 1 fully saturated rings. The van der Waals surface area contributed by atoms with Gasteiger partial charge >= 0.3 is 0 Å². The van der Waals surface area contributed by atoms with Gasteiger partial charge in [-0.2, -0.15) is 0 Å². The molecule has 4 rings (SSSR count). The van der Waals surface area contributed by atoms with Crippen molar-refractivity contribution in [2.45, 2.75) is 31.7 Å². The van der Waals surface area contributed by atoms with Crippen LogP contribution >= 0.6 is 23.2 Å². The van der Waals surface area contributed by atoms with Gasteiger partial charge in [0.1, 0.15) is 11.8 Å². The van der Waals surface area contributed by atoms with Crippen LogP contribution in [0.4, 0.5) is 0 Å². The number of hydrogen-bond acceptors (Lipinski definition) is 4. The van der Waals surface area contributed by atoms with Crippen LogP contribution in [0.5, 0.6) is 5.75 Å². The van der Waals surface area contributed by atoms with Crippen LogP contribution in [0, 0.1) is 0 Å². The van der Waals surface area contributed by atoms with Crippen LogP contribution in [0.1, 0.15) is 35.2 Å². The quantitative estimate of drug-likeness (QED) is 0.344. The smallest absolute Gasteiger partial charge is 0.251 e. The Labute approximate surface area is 227 Å².